The predicted molar refractivity (Wildman–Crippen MR) is 116 cm³/mol. The number of pyridine rings is 1. The number of hydrogen-bond donors (Lipinski definition) is 1. The molecule has 0 atom stereocenters. The van der Waals surface area contributed by atoms with E-state index in [1.807, 2.05) is 42.6 Å². The van der Waals surface area contributed by atoms with Crippen LogP contribution in [0, 0.1) is 5.92 Å². The lowest BCUT2D eigenvalue weighted by Gasteiger charge is -2.32. The van der Waals surface area contributed by atoms with Gasteiger partial charge in [-0.05, 0) is 74.7 Å². The number of aromatic nitrogens is 2. The normalized spacial score (nSPS) is 15.3. The first-order valence-electron chi connectivity index (χ1n) is 10.4. The van der Waals surface area contributed by atoms with E-state index in [-0.39, 0.29) is 5.91 Å². The summed E-state index contributed by atoms with van der Waals surface area (Å²) in [7, 11) is 0. The van der Waals surface area contributed by atoms with E-state index in [2.05, 4.69) is 44.2 Å². The number of nitrogens with zero attached hydrogens (tertiary/aromatic N) is 3. The first kappa shape index (κ1) is 19.4. The zero-order valence-electron chi connectivity index (χ0n) is 16.7. The fraction of sp³-hybridized carbons (Fsp3) is 0.333. The Kier molecular flexibility index (Phi) is 6.37. The monoisotopic (exact) mass is 388 g/mol. The molecule has 1 aromatic carbocycles. The molecule has 4 rings (SSSR count). The third-order valence-corrected chi connectivity index (χ3v) is 5.69. The average molecular weight is 389 g/mol. The molecule has 5 nitrogen and oxygen atoms in total. The summed E-state index contributed by atoms with van der Waals surface area (Å²) in [6.07, 6.45) is 9.69. The summed E-state index contributed by atoms with van der Waals surface area (Å²) < 4.78 is 2.22. The van der Waals surface area contributed by atoms with Gasteiger partial charge in [-0.1, -0.05) is 18.2 Å². The number of piperidine rings is 1. The van der Waals surface area contributed by atoms with Gasteiger partial charge < -0.3 is 9.88 Å². The smallest absolute Gasteiger partial charge is 0.224 e. The predicted octanol–water partition coefficient (Wildman–Crippen LogP) is 4.50. The van der Waals surface area contributed by atoms with E-state index in [1.54, 1.807) is 6.20 Å². The van der Waals surface area contributed by atoms with Gasteiger partial charge in [0.15, 0.2) is 0 Å². The van der Waals surface area contributed by atoms with E-state index in [4.69, 9.17) is 0 Å². The van der Waals surface area contributed by atoms with Crippen molar-refractivity contribution >= 4 is 11.6 Å². The van der Waals surface area contributed by atoms with Crippen LogP contribution < -0.4 is 5.32 Å². The third kappa shape index (κ3) is 5.33. The largest absolute Gasteiger partial charge is 0.326 e. The molecule has 1 fully saturated rings. The van der Waals surface area contributed by atoms with E-state index in [9.17, 15) is 4.79 Å². The van der Waals surface area contributed by atoms with Gasteiger partial charge in [0.05, 0.1) is 11.9 Å². The summed E-state index contributed by atoms with van der Waals surface area (Å²) >= 11 is 0. The van der Waals surface area contributed by atoms with E-state index in [0.717, 1.165) is 50.3 Å². The Bertz CT molecular complexity index is 899. The maximum Gasteiger partial charge on any atom is 0.224 e. The van der Waals surface area contributed by atoms with Gasteiger partial charge in [-0.3, -0.25) is 14.7 Å². The summed E-state index contributed by atoms with van der Waals surface area (Å²) in [5, 5.41) is 2.98. The number of benzene rings is 1. The molecular formula is C24H28N4O. The molecule has 0 aliphatic carbocycles. The second-order valence-electron chi connectivity index (χ2n) is 7.75. The van der Waals surface area contributed by atoms with Crippen LogP contribution in [0.3, 0.4) is 0 Å². The van der Waals surface area contributed by atoms with Crippen LogP contribution in [0.5, 0.6) is 0 Å². The van der Waals surface area contributed by atoms with Crippen molar-refractivity contribution in [3.63, 3.8) is 0 Å². The van der Waals surface area contributed by atoms with E-state index in [1.165, 1.54) is 5.69 Å². The van der Waals surface area contributed by atoms with Gasteiger partial charge in [-0.15, -0.1) is 0 Å². The van der Waals surface area contributed by atoms with Crippen LogP contribution >= 0.6 is 0 Å². The van der Waals surface area contributed by atoms with Crippen LogP contribution in [0.25, 0.3) is 5.69 Å². The lowest BCUT2D eigenvalue weighted by atomic mass is 9.92. The van der Waals surface area contributed by atoms with Gasteiger partial charge in [0, 0.05) is 36.7 Å². The first-order valence-corrected chi connectivity index (χ1v) is 10.4. The first-order chi connectivity index (χ1) is 14.3. The van der Waals surface area contributed by atoms with Gasteiger partial charge in [-0.25, -0.2) is 0 Å². The van der Waals surface area contributed by atoms with Crippen molar-refractivity contribution in [2.24, 2.45) is 5.92 Å². The van der Waals surface area contributed by atoms with Crippen molar-refractivity contribution in [2.75, 3.05) is 18.4 Å². The number of anilines is 1. The van der Waals surface area contributed by atoms with E-state index in [0.29, 0.717) is 12.3 Å². The average Bonchev–Trinajstić information content (AvgIpc) is 3.23. The standard InChI is InChI=1S/C24H28N4O/c29-24(26-21-6-2-1-3-7-21)11-10-20-12-16-27(17-13-20)19-23-9-5-15-28(23)22-8-4-14-25-18-22/h1-9,14-15,18,20H,10-13,16-17,19H2,(H,26,29). The van der Waals surface area contributed by atoms with Crippen molar-refractivity contribution in [1.82, 2.24) is 14.5 Å². The minimum atomic E-state index is 0.118. The highest BCUT2D eigenvalue weighted by Crippen LogP contribution is 2.24. The maximum atomic E-state index is 12.2. The number of amides is 1. The molecule has 0 bridgehead atoms. The molecule has 0 spiro atoms. The lowest BCUT2D eigenvalue weighted by Crippen LogP contribution is -2.34. The van der Waals surface area contributed by atoms with Crippen LogP contribution in [0.2, 0.25) is 0 Å². The molecule has 1 N–H and O–H groups in total. The van der Waals surface area contributed by atoms with Gasteiger partial charge in [0.2, 0.25) is 5.91 Å². The van der Waals surface area contributed by atoms with Crippen LogP contribution in [0.4, 0.5) is 5.69 Å². The minimum absolute atomic E-state index is 0.118. The quantitative estimate of drug-likeness (QED) is 0.648. The third-order valence-electron chi connectivity index (χ3n) is 5.69. The Labute approximate surface area is 172 Å². The second kappa shape index (κ2) is 9.52. The van der Waals surface area contributed by atoms with Gasteiger partial charge in [0.1, 0.15) is 0 Å². The number of hydrogen-bond acceptors (Lipinski definition) is 3. The van der Waals surface area contributed by atoms with E-state index < -0.39 is 0 Å². The van der Waals surface area contributed by atoms with Crippen molar-refractivity contribution in [1.29, 1.82) is 0 Å². The van der Waals surface area contributed by atoms with Crippen molar-refractivity contribution < 1.29 is 4.79 Å². The lowest BCUT2D eigenvalue weighted by molar-refractivity contribution is -0.116. The summed E-state index contributed by atoms with van der Waals surface area (Å²) in [5.74, 6) is 0.755. The summed E-state index contributed by atoms with van der Waals surface area (Å²) in [6.45, 7) is 3.12. The fourth-order valence-corrected chi connectivity index (χ4v) is 4.04. The van der Waals surface area contributed by atoms with Gasteiger partial charge in [0.25, 0.3) is 0 Å². The zero-order chi connectivity index (χ0) is 19.9. The fourth-order valence-electron chi connectivity index (χ4n) is 4.04. The van der Waals surface area contributed by atoms with Crippen LogP contribution in [-0.2, 0) is 11.3 Å². The van der Waals surface area contributed by atoms with Gasteiger partial charge >= 0.3 is 0 Å². The van der Waals surface area contributed by atoms with Gasteiger partial charge in [-0.2, -0.15) is 0 Å². The SMILES string of the molecule is O=C(CCC1CCN(Cc2cccn2-c2cccnc2)CC1)Nc1ccccc1. The number of nitrogens with one attached hydrogen (secondary N) is 1. The molecule has 150 valence electrons. The molecule has 1 aliphatic heterocycles. The molecule has 3 heterocycles. The number of carbonyl (C=O) groups is 1. The molecule has 1 aliphatic rings. The molecule has 0 saturated carbocycles. The van der Waals surface area contributed by atoms with Crippen LogP contribution in [-0.4, -0.2) is 33.4 Å². The van der Waals surface area contributed by atoms with Crippen molar-refractivity contribution in [2.45, 2.75) is 32.2 Å². The Morgan fingerprint density at radius 3 is 2.62 bits per heavy atom. The minimum Gasteiger partial charge on any atom is -0.326 e. The molecule has 1 saturated heterocycles. The highest BCUT2D eigenvalue weighted by Gasteiger charge is 2.21. The Hall–Kier alpha value is -2.92. The highest BCUT2D eigenvalue weighted by atomic mass is 16.1. The maximum absolute atomic E-state index is 12.2. The summed E-state index contributed by atoms with van der Waals surface area (Å²) in [4.78, 5) is 18.9. The van der Waals surface area contributed by atoms with Crippen molar-refractivity contribution in [3.8, 4) is 5.69 Å². The second-order valence-corrected chi connectivity index (χ2v) is 7.75. The molecule has 3 aromatic rings. The molecule has 5 heteroatoms. The number of likely N-dealkylation sites (tertiary alicyclic amines) is 1. The molecule has 0 radical (unpaired) electrons. The number of para-hydroxylation sites is 1. The van der Waals surface area contributed by atoms with Crippen LogP contribution in [0.1, 0.15) is 31.4 Å². The number of rotatable bonds is 7. The van der Waals surface area contributed by atoms with Crippen LogP contribution in [0.15, 0.2) is 73.2 Å². The summed E-state index contributed by atoms with van der Waals surface area (Å²) in [6, 6.07) is 18.0. The highest BCUT2D eigenvalue weighted by molar-refractivity contribution is 5.90. The molecule has 1 amide bonds. The topological polar surface area (TPSA) is 50.2 Å². The molecular weight excluding hydrogens is 360 g/mol. The molecule has 29 heavy (non-hydrogen) atoms. The zero-order valence-corrected chi connectivity index (χ0v) is 16.7. The molecule has 0 unspecified atom stereocenters. The molecule has 2 aromatic heterocycles. The Balaban J connectivity index is 1.22. The number of carbonyl (C=O) groups excluding carboxylic acids is 1. The Morgan fingerprint density at radius 1 is 1.03 bits per heavy atom. The Morgan fingerprint density at radius 2 is 1.86 bits per heavy atom. The van der Waals surface area contributed by atoms with E-state index >= 15 is 0 Å². The van der Waals surface area contributed by atoms with Crippen molar-refractivity contribution in [3.05, 3.63) is 78.9 Å². The summed E-state index contributed by atoms with van der Waals surface area (Å²) in [5.41, 5.74) is 3.27.